The lowest BCUT2D eigenvalue weighted by Crippen LogP contribution is -2.13. The van der Waals surface area contributed by atoms with Gasteiger partial charge < -0.3 is 14.9 Å². The van der Waals surface area contributed by atoms with Crippen LogP contribution in [0.3, 0.4) is 0 Å². The molecule has 3 heteroatoms. The highest BCUT2D eigenvalue weighted by Crippen LogP contribution is 2.52. The predicted molar refractivity (Wildman–Crippen MR) is 123 cm³/mol. The fourth-order valence-corrected chi connectivity index (χ4v) is 4.86. The Bertz CT molecular complexity index is 1410. The minimum Gasteiger partial charge on any atom is -0.508 e. The topological polar surface area (TPSA) is 49.7 Å². The van der Waals surface area contributed by atoms with Crippen molar-refractivity contribution >= 4 is 21.5 Å². The van der Waals surface area contributed by atoms with E-state index in [9.17, 15) is 10.2 Å². The summed E-state index contributed by atoms with van der Waals surface area (Å²) in [7, 11) is 0. The average Bonchev–Trinajstić information content (AvgIpc) is 2.77. The molecule has 150 valence electrons. The van der Waals surface area contributed by atoms with E-state index in [-0.39, 0.29) is 17.4 Å². The van der Waals surface area contributed by atoms with Crippen molar-refractivity contribution in [2.24, 2.45) is 0 Å². The van der Waals surface area contributed by atoms with E-state index in [1.54, 1.807) is 24.3 Å². The molecular weight excluding hydrogens is 384 g/mol. The molecule has 0 spiro atoms. The second-order valence-electron chi connectivity index (χ2n) is 8.21. The predicted octanol–water partition coefficient (Wildman–Crippen LogP) is 7.00. The van der Waals surface area contributed by atoms with Crippen molar-refractivity contribution in [3.05, 3.63) is 107 Å². The normalized spacial score (nSPS) is 13.1. The van der Waals surface area contributed by atoms with Gasteiger partial charge in [0.2, 0.25) is 0 Å². The van der Waals surface area contributed by atoms with Crippen LogP contribution in [0.2, 0.25) is 0 Å². The summed E-state index contributed by atoms with van der Waals surface area (Å²) >= 11 is 0. The zero-order valence-corrected chi connectivity index (χ0v) is 17.0. The first-order valence-corrected chi connectivity index (χ1v) is 10.3. The van der Waals surface area contributed by atoms with Gasteiger partial charge in [0, 0.05) is 17.0 Å². The summed E-state index contributed by atoms with van der Waals surface area (Å²) in [6, 6.07) is 27.5. The monoisotopic (exact) mass is 404 g/mol. The zero-order valence-electron chi connectivity index (χ0n) is 17.0. The highest BCUT2D eigenvalue weighted by molar-refractivity contribution is 5.95. The van der Waals surface area contributed by atoms with Gasteiger partial charge >= 0.3 is 0 Å². The largest absolute Gasteiger partial charge is 0.508 e. The average molecular weight is 404 g/mol. The summed E-state index contributed by atoms with van der Waals surface area (Å²) in [5.41, 5.74) is 4.57. The molecule has 0 amide bonds. The molecule has 0 fully saturated rings. The maximum Gasteiger partial charge on any atom is 0.132 e. The number of phenols is 2. The molecule has 1 aliphatic rings. The standard InChI is InChI=1S/C28H20O3/c1-16-3-2-4-19(13-16)26-27-22-9-7-20(29)14-17(22)5-11-24(27)31-25-12-6-18-15-21(30)8-10-23(18)28(25)26/h2-15,26,29-30H,1H3. The van der Waals surface area contributed by atoms with Gasteiger partial charge in [-0.15, -0.1) is 0 Å². The Kier molecular flexibility index (Phi) is 3.75. The molecule has 2 N–H and O–H groups in total. The number of rotatable bonds is 1. The summed E-state index contributed by atoms with van der Waals surface area (Å²) in [6.07, 6.45) is 0. The fraction of sp³-hybridized carbons (Fsp3) is 0.0714. The van der Waals surface area contributed by atoms with Crippen molar-refractivity contribution < 1.29 is 14.9 Å². The Morgan fingerprint density at radius 2 is 1.23 bits per heavy atom. The van der Waals surface area contributed by atoms with Crippen molar-refractivity contribution in [3.8, 4) is 23.0 Å². The second-order valence-corrected chi connectivity index (χ2v) is 8.21. The first-order valence-electron chi connectivity index (χ1n) is 10.3. The van der Waals surface area contributed by atoms with Gasteiger partial charge in [0.25, 0.3) is 0 Å². The number of aryl methyl sites for hydroxylation is 1. The maximum atomic E-state index is 10.0. The van der Waals surface area contributed by atoms with Gasteiger partial charge in [-0.1, -0.05) is 54.1 Å². The van der Waals surface area contributed by atoms with E-state index in [4.69, 9.17) is 4.74 Å². The van der Waals surface area contributed by atoms with Gasteiger partial charge in [-0.3, -0.25) is 0 Å². The smallest absolute Gasteiger partial charge is 0.132 e. The molecule has 0 aliphatic carbocycles. The number of hydrogen-bond acceptors (Lipinski definition) is 3. The number of benzene rings is 5. The Labute approximate surface area is 179 Å². The van der Waals surface area contributed by atoms with Crippen molar-refractivity contribution in [1.82, 2.24) is 0 Å². The molecule has 6 rings (SSSR count). The summed E-state index contributed by atoms with van der Waals surface area (Å²) in [4.78, 5) is 0. The van der Waals surface area contributed by atoms with Crippen LogP contribution in [0, 0.1) is 6.92 Å². The van der Waals surface area contributed by atoms with Crippen molar-refractivity contribution in [3.63, 3.8) is 0 Å². The Morgan fingerprint density at radius 1 is 0.645 bits per heavy atom. The zero-order chi connectivity index (χ0) is 21.1. The van der Waals surface area contributed by atoms with Gasteiger partial charge in [0.15, 0.2) is 0 Å². The molecule has 0 saturated carbocycles. The van der Waals surface area contributed by atoms with Gasteiger partial charge in [-0.05, 0) is 70.4 Å². The first kappa shape index (κ1) is 17.8. The lowest BCUT2D eigenvalue weighted by molar-refractivity contribution is 0.455. The Morgan fingerprint density at radius 3 is 1.77 bits per heavy atom. The van der Waals surface area contributed by atoms with Crippen LogP contribution in [0.5, 0.6) is 23.0 Å². The van der Waals surface area contributed by atoms with Crippen molar-refractivity contribution in [2.45, 2.75) is 12.8 Å². The molecule has 3 nitrogen and oxygen atoms in total. The number of aromatic hydroxyl groups is 2. The second kappa shape index (κ2) is 6.51. The third-order valence-electron chi connectivity index (χ3n) is 6.18. The third kappa shape index (κ3) is 2.74. The highest BCUT2D eigenvalue weighted by Gasteiger charge is 2.32. The molecule has 31 heavy (non-hydrogen) atoms. The molecular formula is C28H20O3. The molecule has 0 unspecified atom stereocenters. The molecule has 0 radical (unpaired) electrons. The summed E-state index contributed by atoms with van der Waals surface area (Å²) < 4.78 is 6.41. The van der Waals surface area contributed by atoms with Crippen molar-refractivity contribution in [1.29, 1.82) is 0 Å². The van der Waals surface area contributed by atoms with E-state index >= 15 is 0 Å². The fourth-order valence-electron chi connectivity index (χ4n) is 4.86. The van der Waals surface area contributed by atoms with Crippen LogP contribution < -0.4 is 4.74 Å². The van der Waals surface area contributed by atoms with E-state index < -0.39 is 0 Å². The van der Waals surface area contributed by atoms with E-state index in [0.29, 0.717) is 0 Å². The first-order chi connectivity index (χ1) is 15.1. The Balaban J connectivity index is 1.75. The van der Waals surface area contributed by atoms with E-state index in [1.807, 2.05) is 36.4 Å². The maximum absolute atomic E-state index is 10.0. The van der Waals surface area contributed by atoms with E-state index in [1.165, 1.54) is 11.1 Å². The highest BCUT2D eigenvalue weighted by atomic mass is 16.5. The molecule has 5 aromatic rings. The quantitative estimate of drug-likeness (QED) is 0.310. The van der Waals surface area contributed by atoms with Crippen molar-refractivity contribution in [2.75, 3.05) is 0 Å². The van der Waals surface area contributed by atoms with Crippen LogP contribution in [0.25, 0.3) is 21.5 Å². The summed E-state index contributed by atoms with van der Waals surface area (Å²) in [5, 5.41) is 24.1. The summed E-state index contributed by atoms with van der Waals surface area (Å²) in [6.45, 7) is 2.10. The van der Waals surface area contributed by atoms with Crippen LogP contribution in [0.4, 0.5) is 0 Å². The lowest BCUT2D eigenvalue weighted by Gasteiger charge is -2.31. The van der Waals surface area contributed by atoms with Gasteiger partial charge in [-0.2, -0.15) is 0 Å². The molecule has 0 atom stereocenters. The number of ether oxygens (including phenoxy) is 1. The van der Waals surface area contributed by atoms with Gasteiger partial charge in [0.1, 0.15) is 23.0 Å². The van der Waals surface area contributed by atoms with Gasteiger partial charge in [0.05, 0.1) is 0 Å². The minimum absolute atomic E-state index is 0.0415. The minimum atomic E-state index is -0.0415. The molecule has 1 heterocycles. The number of phenolic OH excluding ortho intramolecular Hbond substituents is 2. The van der Waals surface area contributed by atoms with Crippen LogP contribution in [-0.2, 0) is 0 Å². The lowest BCUT2D eigenvalue weighted by atomic mass is 9.78. The number of fused-ring (bicyclic) bond motifs is 6. The van der Waals surface area contributed by atoms with E-state index in [0.717, 1.165) is 44.2 Å². The molecule has 0 aromatic heterocycles. The van der Waals surface area contributed by atoms with Gasteiger partial charge in [-0.25, -0.2) is 0 Å². The van der Waals surface area contributed by atoms with E-state index in [2.05, 4.69) is 31.2 Å². The molecule has 5 aromatic carbocycles. The molecule has 0 bridgehead atoms. The van der Waals surface area contributed by atoms with Crippen LogP contribution in [-0.4, -0.2) is 10.2 Å². The molecule has 1 aliphatic heterocycles. The van der Waals surface area contributed by atoms with Crippen LogP contribution >= 0.6 is 0 Å². The number of hydrogen-bond donors (Lipinski definition) is 2. The summed E-state index contributed by atoms with van der Waals surface area (Å²) in [5.74, 6) is 2.11. The SMILES string of the molecule is Cc1cccc(C2c3c(ccc4cc(O)ccc34)Oc3ccc4cc(O)ccc4c32)c1. The third-order valence-corrected chi connectivity index (χ3v) is 6.18. The van der Waals surface area contributed by atoms with Crippen LogP contribution in [0.15, 0.2) is 84.9 Å². The molecule has 0 saturated heterocycles. The van der Waals surface area contributed by atoms with Crippen LogP contribution in [0.1, 0.15) is 28.2 Å². The Hall–Kier alpha value is -3.98.